The predicted octanol–water partition coefficient (Wildman–Crippen LogP) is 1.74. The Morgan fingerprint density at radius 2 is 1.91 bits per heavy atom. The number of tetrazole rings is 1. The van der Waals surface area contributed by atoms with Gasteiger partial charge in [0.05, 0.1) is 12.2 Å². The van der Waals surface area contributed by atoms with Gasteiger partial charge in [-0.25, -0.2) is 0 Å². The fourth-order valence-electron chi connectivity index (χ4n) is 2.63. The second kappa shape index (κ2) is 6.76. The summed E-state index contributed by atoms with van der Waals surface area (Å²) in [5, 5.41) is 12.3. The summed E-state index contributed by atoms with van der Waals surface area (Å²) in [7, 11) is 0. The zero-order valence-electron chi connectivity index (χ0n) is 13.0. The van der Waals surface area contributed by atoms with Crippen molar-refractivity contribution in [2.75, 3.05) is 13.1 Å². The normalized spacial score (nSPS) is 21.4. The second-order valence-corrected chi connectivity index (χ2v) is 6.62. The zero-order valence-corrected chi connectivity index (χ0v) is 14.6. The van der Waals surface area contributed by atoms with Gasteiger partial charge in [0.25, 0.3) is 0 Å². The minimum absolute atomic E-state index is 0.0215. The summed E-state index contributed by atoms with van der Waals surface area (Å²) in [4.78, 5) is 15.5. The van der Waals surface area contributed by atoms with Crippen LogP contribution in [0.25, 0.3) is 11.4 Å². The van der Waals surface area contributed by atoms with Crippen molar-refractivity contribution in [3.63, 3.8) is 0 Å². The van der Waals surface area contributed by atoms with Crippen LogP contribution in [0.1, 0.15) is 13.8 Å². The van der Waals surface area contributed by atoms with Crippen molar-refractivity contribution in [1.82, 2.24) is 25.1 Å². The Bertz CT molecular complexity index is 677. The molecule has 0 saturated carbocycles. The molecule has 1 saturated heterocycles. The number of aromatic nitrogens is 4. The Morgan fingerprint density at radius 3 is 2.57 bits per heavy atom. The topological polar surface area (TPSA) is 73.1 Å². The zero-order chi connectivity index (χ0) is 16.4. The first-order valence-corrected chi connectivity index (χ1v) is 8.27. The van der Waals surface area contributed by atoms with Gasteiger partial charge in [-0.2, -0.15) is 4.80 Å². The highest BCUT2D eigenvalue weighted by Crippen LogP contribution is 2.17. The number of carbonyl (C=O) groups excluding carboxylic acids is 1. The number of ether oxygens (including phenoxy) is 1. The standard InChI is InChI=1S/C15H18BrN5O2/c1-10-7-20(8-11(2)23-10)14(22)9-21-18-15(17-19-21)12-3-5-13(16)6-4-12/h3-6,10-11H,7-9H2,1-2H3/t10-,11-/m1/s1. The number of morpholine rings is 1. The molecule has 0 radical (unpaired) electrons. The summed E-state index contributed by atoms with van der Waals surface area (Å²) < 4.78 is 6.63. The summed E-state index contributed by atoms with van der Waals surface area (Å²) in [6.45, 7) is 5.21. The van der Waals surface area contributed by atoms with E-state index >= 15 is 0 Å². The van der Waals surface area contributed by atoms with Crippen LogP contribution in [0.15, 0.2) is 28.7 Å². The van der Waals surface area contributed by atoms with Crippen molar-refractivity contribution >= 4 is 21.8 Å². The second-order valence-electron chi connectivity index (χ2n) is 5.71. The van der Waals surface area contributed by atoms with Gasteiger partial charge >= 0.3 is 0 Å². The van der Waals surface area contributed by atoms with Crippen molar-refractivity contribution in [3.8, 4) is 11.4 Å². The monoisotopic (exact) mass is 379 g/mol. The van der Waals surface area contributed by atoms with Crippen LogP contribution in [0.5, 0.6) is 0 Å². The van der Waals surface area contributed by atoms with E-state index in [1.54, 1.807) is 4.90 Å². The SMILES string of the molecule is C[C@@H]1CN(C(=O)Cn2nnc(-c3ccc(Br)cc3)n2)C[C@@H](C)O1. The third-order valence-electron chi connectivity index (χ3n) is 3.60. The molecule has 2 aromatic rings. The lowest BCUT2D eigenvalue weighted by Crippen LogP contribution is -2.49. The van der Waals surface area contributed by atoms with E-state index in [1.807, 2.05) is 38.1 Å². The molecule has 0 unspecified atom stereocenters. The van der Waals surface area contributed by atoms with E-state index in [-0.39, 0.29) is 24.7 Å². The van der Waals surface area contributed by atoms with Crippen molar-refractivity contribution in [1.29, 1.82) is 0 Å². The average Bonchev–Trinajstić information content (AvgIpc) is 2.95. The maximum Gasteiger partial charge on any atom is 0.246 e. The fourth-order valence-corrected chi connectivity index (χ4v) is 2.89. The Hall–Kier alpha value is -1.80. The van der Waals surface area contributed by atoms with Gasteiger partial charge in [0.15, 0.2) is 0 Å². The summed E-state index contributed by atoms with van der Waals surface area (Å²) in [6, 6.07) is 7.63. The Labute approximate surface area is 142 Å². The molecular weight excluding hydrogens is 362 g/mol. The number of rotatable bonds is 3. The summed E-state index contributed by atoms with van der Waals surface area (Å²) in [5.41, 5.74) is 0.862. The van der Waals surface area contributed by atoms with Crippen LogP contribution in [-0.2, 0) is 16.1 Å². The van der Waals surface area contributed by atoms with E-state index in [0.717, 1.165) is 10.0 Å². The molecular formula is C15H18BrN5O2. The molecule has 0 aliphatic carbocycles. The largest absolute Gasteiger partial charge is 0.372 e. The van der Waals surface area contributed by atoms with Crippen molar-refractivity contribution in [3.05, 3.63) is 28.7 Å². The highest BCUT2D eigenvalue weighted by atomic mass is 79.9. The Kier molecular flexibility index (Phi) is 4.72. The summed E-state index contributed by atoms with van der Waals surface area (Å²) >= 11 is 3.39. The van der Waals surface area contributed by atoms with Crippen LogP contribution in [0, 0.1) is 0 Å². The van der Waals surface area contributed by atoms with Gasteiger partial charge < -0.3 is 9.64 Å². The molecule has 2 heterocycles. The van der Waals surface area contributed by atoms with Gasteiger partial charge in [-0.05, 0) is 43.3 Å². The molecule has 0 N–H and O–H groups in total. The molecule has 1 amide bonds. The molecule has 8 heteroatoms. The molecule has 122 valence electrons. The van der Waals surface area contributed by atoms with E-state index in [1.165, 1.54) is 4.80 Å². The minimum Gasteiger partial charge on any atom is -0.372 e. The average molecular weight is 380 g/mol. The number of amides is 1. The third-order valence-corrected chi connectivity index (χ3v) is 4.13. The number of carbonyl (C=O) groups is 1. The maximum absolute atomic E-state index is 12.4. The molecule has 1 aromatic heterocycles. The fraction of sp³-hybridized carbons (Fsp3) is 0.467. The molecule has 1 aliphatic heterocycles. The highest BCUT2D eigenvalue weighted by molar-refractivity contribution is 9.10. The smallest absolute Gasteiger partial charge is 0.246 e. The predicted molar refractivity (Wildman–Crippen MR) is 87.5 cm³/mol. The van der Waals surface area contributed by atoms with Gasteiger partial charge in [0.2, 0.25) is 11.7 Å². The lowest BCUT2D eigenvalue weighted by Gasteiger charge is -2.35. The first kappa shape index (κ1) is 16.1. The highest BCUT2D eigenvalue weighted by Gasteiger charge is 2.26. The number of hydrogen-bond acceptors (Lipinski definition) is 5. The van der Waals surface area contributed by atoms with Crippen molar-refractivity contribution in [2.45, 2.75) is 32.6 Å². The molecule has 1 aromatic carbocycles. The van der Waals surface area contributed by atoms with Gasteiger partial charge in [-0.3, -0.25) is 4.79 Å². The van der Waals surface area contributed by atoms with Gasteiger partial charge in [-0.1, -0.05) is 15.9 Å². The van der Waals surface area contributed by atoms with E-state index in [0.29, 0.717) is 18.9 Å². The number of halogens is 1. The van der Waals surface area contributed by atoms with Crippen molar-refractivity contribution in [2.24, 2.45) is 0 Å². The molecule has 3 rings (SSSR count). The molecule has 2 atom stereocenters. The summed E-state index contributed by atoms with van der Waals surface area (Å²) in [5.74, 6) is 0.487. The summed E-state index contributed by atoms with van der Waals surface area (Å²) in [6.07, 6.45) is 0.0921. The van der Waals surface area contributed by atoms with Crippen LogP contribution in [-0.4, -0.2) is 56.3 Å². The molecule has 7 nitrogen and oxygen atoms in total. The lowest BCUT2D eigenvalue weighted by molar-refractivity contribution is -0.144. The third kappa shape index (κ3) is 3.94. The number of nitrogens with zero attached hydrogens (tertiary/aromatic N) is 5. The van der Waals surface area contributed by atoms with Crippen LogP contribution in [0.2, 0.25) is 0 Å². The minimum atomic E-state index is -0.0215. The first-order valence-electron chi connectivity index (χ1n) is 7.48. The number of benzene rings is 1. The first-order chi connectivity index (χ1) is 11.0. The van der Waals surface area contributed by atoms with E-state index in [2.05, 4.69) is 31.3 Å². The van der Waals surface area contributed by atoms with Crippen LogP contribution in [0.3, 0.4) is 0 Å². The quantitative estimate of drug-likeness (QED) is 0.811. The van der Waals surface area contributed by atoms with E-state index in [9.17, 15) is 4.79 Å². The van der Waals surface area contributed by atoms with Crippen molar-refractivity contribution < 1.29 is 9.53 Å². The van der Waals surface area contributed by atoms with Gasteiger partial charge in [-0.15, -0.1) is 10.2 Å². The van der Waals surface area contributed by atoms with Gasteiger partial charge in [0, 0.05) is 23.1 Å². The van der Waals surface area contributed by atoms with E-state index in [4.69, 9.17) is 4.74 Å². The van der Waals surface area contributed by atoms with E-state index < -0.39 is 0 Å². The Morgan fingerprint density at radius 1 is 1.26 bits per heavy atom. The maximum atomic E-state index is 12.4. The van der Waals surface area contributed by atoms with Crippen LogP contribution in [0.4, 0.5) is 0 Å². The number of hydrogen-bond donors (Lipinski definition) is 0. The molecule has 0 spiro atoms. The lowest BCUT2D eigenvalue weighted by atomic mass is 10.2. The van der Waals surface area contributed by atoms with Gasteiger partial charge in [0.1, 0.15) is 6.54 Å². The molecule has 1 fully saturated rings. The Balaban J connectivity index is 1.66. The molecule has 0 bridgehead atoms. The van der Waals surface area contributed by atoms with Crippen LogP contribution >= 0.6 is 15.9 Å². The molecule has 23 heavy (non-hydrogen) atoms. The molecule has 1 aliphatic rings. The van der Waals surface area contributed by atoms with Crippen LogP contribution < -0.4 is 0 Å².